The number of nitrogens with one attached hydrogen (secondary N) is 1. The number of hydrogen-bond donors (Lipinski definition) is 1. The molecule has 1 aliphatic rings. The van der Waals surface area contributed by atoms with Crippen LogP contribution in [0.25, 0.3) is 0 Å². The Morgan fingerprint density at radius 1 is 1.35 bits per heavy atom. The summed E-state index contributed by atoms with van der Waals surface area (Å²) < 4.78 is 32.1. The Morgan fingerprint density at radius 2 is 2.17 bits per heavy atom. The molecule has 1 aromatic heterocycles. The molecular formula is C17H16F2N2O2. The van der Waals surface area contributed by atoms with Crippen LogP contribution in [0.2, 0.25) is 0 Å². The maximum atomic E-state index is 13.7. The number of ether oxygens (including phenoxy) is 1. The van der Waals surface area contributed by atoms with E-state index in [0.29, 0.717) is 12.3 Å². The summed E-state index contributed by atoms with van der Waals surface area (Å²) in [6, 6.07) is 7.63. The van der Waals surface area contributed by atoms with Gasteiger partial charge in [0, 0.05) is 24.2 Å². The Bertz CT molecular complexity index is 736. The molecule has 0 unspecified atom stereocenters. The standard InChI is InChI=1S/C17H16F2N2O2/c1-23-17-10(4-3-7-20-17)9-21-16(22)13-8-12(13)11-5-2-6-14(18)15(11)19/h2-7,12-13H,8-9H2,1H3,(H,21,22)/t12-,13+/m0/s1. The van der Waals surface area contributed by atoms with Gasteiger partial charge in [0.25, 0.3) is 0 Å². The first-order valence-corrected chi connectivity index (χ1v) is 7.31. The second-order valence-corrected chi connectivity index (χ2v) is 5.48. The number of rotatable bonds is 5. The fraction of sp³-hybridized carbons (Fsp3) is 0.294. The van der Waals surface area contributed by atoms with E-state index in [-0.39, 0.29) is 29.9 Å². The third kappa shape index (κ3) is 3.16. The van der Waals surface area contributed by atoms with Crippen molar-refractivity contribution < 1.29 is 18.3 Å². The molecular weight excluding hydrogens is 302 g/mol. The van der Waals surface area contributed by atoms with Crippen LogP contribution in [-0.4, -0.2) is 18.0 Å². The lowest BCUT2D eigenvalue weighted by Gasteiger charge is -2.08. The zero-order valence-corrected chi connectivity index (χ0v) is 12.6. The normalized spacial score (nSPS) is 19.3. The Balaban J connectivity index is 1.62. The Hall–Kier alpha value is -2.50. The highest BCUT2D eigenvalue weighted by Crippen LogP contribution is 2.48. The van der Waals surface area contributed by atoms with E-state index in [4.69, 9.17) is 4.74 Å². The molecule has 0 saturated heterocycles. The lowest BCUT2D eigenvalue weighted by Crippen LogP contribution is -2.25. The minimum absolute atomic E-state index is 0.176. The zero-order chi connectivity index (χ0) is 16.4. The summed E-state index contributed by atoms with van der Waals surface area (Å²) in [6.45, 7) is 0.282. The van der Waals surface area contributed by atoms with Gasteiger partial charge >= 0.3 is 0 Å². The quantitative estimate of drug-likeness (QED) is 0.922. The first kappa shape index (κ1) is 15.4. The fourth-order valence-electron chi connectivity index (χ4n) is 2.69. The Labute approximate surface area is 132 Å². The van der Waals surface area contributed by atoms with Crippen molar-refractivity contribution in [1.82, 2.24) is 10.3 Å². The molecule has 1 N–H and O–H groups in total. The fourth-order valence-corrected chi connectivity index (χ4v) is 2.69. The number of carbonyl (C=O) groups excluding carboxylic acids is 1. The minimum Gasteiger partial charge on any atom is -0.481 e. The average molecular weight is 318 g/mol. The van der Waals surface area contributed by atoms with Crippen LogP contribution in [-0.2, 0) is 11.3 Å². The molecule has 0 radical (unpaired) electrons. The number of methoxy groups -OCH3 is 1. The van der Waals surface area contributed by atoms with Crippen LogP contribution in [0.5, 0.6) is 5.88 Å². The Kier molecular flexibility index (Phi) is 4.23. The van der Waals surface area contributed by atoms with Crippen LogP contribution in [0.15, 0.2) is 36.5 Å². The molecule has 0 bridgehead atoms. The minimum atomic E-state index is -0.881. The Morgan fingerprint density at radius 3 is 2.96 bits per heavy atom. The molecule has 0 spiro atoms. The molecule has 120 valence electrons. The third-order valence-electron chi connectivity index (χ3n) is 4.00. The second kappa shape index (κ2) is 6.32. The van der Waals surface area contributed by atoms with Gasteiger partial charge in [0.15, 0.2) is 11.6 Å². The lowest BCUT2D eigenvalue weighted by molar-refractivity contribution is -0.122. The molecule has 6 heteroatoms. The molecule has 1 aliphatic carbocycles. The number of amides is 1. The molecule has 3 rings (SSSR count). The largest absolute Gasteiger partial charge is 0.481 e. The number of halogens is 2. The molecule has 1 saturated carbocycles. The van der Waals surface area contributed by atoms with Crippen molar-refractivity contribution in [2.45, 2.75) is 18.9 Å². The van der Waals surface area contributed by atoms with Crippen LogP contribution in [0, 0.1) is 17.6 Å². The van der Waals surface area contributed by atoms with Gasteiger partial charge in [-0.15, -0.1) is 0 Å². The van der Waals surface area contributed by atoms with Crippen LogP contribution in [0.3, 0.4) is 0 Å². The smallest absolute Gasteiger partial charge is 0.224 e. The summed E-state index contributed by atoms with van der Waals surface area (Å²) in [4.78, 5) is 16.2. The molecule has 2 atom stereocenters. The highest BCUT2D eigenvalue weighted by Gasteiger charge is 2.45. The van der Waals surface area contributed by atoms with Crippen molar-refractivity contribution in [2.24, 2.45) is 5.92 Å². The maximum absolute atomic E-state index is 13.7. The van der Waals surface area contributed by atoms with Gasteiger partial charge in [0.2, 0.25) is 11.8 Å². The molecule has 1 heterocycles. The molecule has 1 amide bonds. The predicted molar refractivity (Wildman–Crippen MR) is 79.8 cm³/mol. The topological polar surface area (TPSA) is 51.2 Å². The van der Waals surface area contributed by atoms with Gasteiger partial charge in [-0.05, 0) is 30.0 Å². The van der Waals surface area contributed by atoms with Gasteiger partial charge in [-0.1, -0.05) is 18.2 Å². The lowest BCUT2D eigenvalue weighted by atomic mass is 10.1. The number of hydrogen-bond acceptors (Lipinski definition) is 3. The number of nitrogens with zero attached hydrogens (tertiary/aromatic N) is 1. The van der Waals surface area contributed by atoms with Crippen molar-refractivity contribution in [3.63, 3.8) is 0 Å². The summed E-state index contributed by atoms with van der Waals surface area (Å²) in [5, 5.41) is 2.79. The predicted octanol–water partition coefficient (Wildman–Crippen LogP) is 2.79. The van der Waals surface area contributed by atoms with E-state index in [9.17, 15) is 13.6 Å². The van der Waals surface area contributed by atoms with Crippen molar-refractivity contribution in [3.05, 3.63) is 59.3 Å². The average Bonchev–Trinajstić information content (AvgIpc) is 3.36. The SMILES string of the molecule is COc1ncccc1CNC(=O)[C@@H]1C[C@H]1c1cccc(F)c1F. The van der Waals surface area contributed by atoms with E-state index in [1.807, 2.05) is 6.07 Å². The second-order valence-electron chi connectivity index (χ2n) is 5.48. The summed E-state index contributed by atoms with van der Waals surface area (Å²) in [5.74, 6) is -2.05. The van der Waals surface area contributed by atoms with Crippen LogP contribution in [0.1, 0.15) is 23.5 Å². The van der Waals surface area contributed by atoms with Crippen molar-refractivity contribution >= 4 is 5.91 Å². The van der Waals surface area contributed by atoms with E-state index < -0.39 is 11.6 Å². The molecule has 23 heavy (non-hydrogen) atoms. The van der Waals surface area contributed by atoms with Crippen molar-refractivity contribution in [3.8, 4) is 5.88 Å². The number of benzene rings is 1. The number of aromatic nitrogens is 1. The summed E-state index contributed by atoms with van der Waals surface area (Å²) >= 11 is 0. The van der Waals surface area contributed by atoms with Crippen LogP contribution < -0.4 is 10.1 Å². The zero-order valence-electron chi connectivity index (χ0n) is 12.6. The van der Waals surface area contributed by atoms with Crippen molar-refractivity contribution in [2.75, 3.05) is 7.11 Å². The van der Waals surface area contributed by atoms with Crippen molar-refractivity contribution in [1.29, 1.82) is 0 Å². The first-order valence-electron chi connectivity index (χ1n) is 7.31. The van der Waals surface area contributed by atoms with E-state index in [1.54, 1.807) is 12.3 Å². The number of carbonyl (C=O) groups is 1. The van der Waals surface area contributed by atoms with Gasteiger partial charge < -0.3 is 10.1 Å². The summed E-state index contributed by atoms with van der Waals surface area (Å²) in [7, 11) is 1.51. The number of pyridine rings is 1. The van der Waals surface area contributed by atoms with Gasteiger partial charge in [-0.25, -0.2) is 13.8 Å². The van der Waals surface area contributed by atoms with E-state index in [0.717, 1.165) is 11.6 Å². The van der Waals surface area contributed by atoms with E-state index in [1.165, 1.54) is 19.2 Å². The van der Waals surface area contributed by atoms with Gasteiger partial charge in [0.05, 0.1) is 7.11 Å². The summed E-state index contributed by atoms with van der Waals surface area (Å²) in [6.07, 6.45) is 2.13. The monoisotopic (exact) mass is 318 g/mol. The molecule has 0 aliphatic heterocycles. The summed E-state index contributed by atoms with van der Waals surface area (Å²) in [5.41, 5.74) is 1.03. The van der Waals surface area contributed by atoms with E-state index >= 15 is 0 Å². The van der Waals surface area contributed by atoms with Gasteiger partial charge in [0.1, 0.15) is 0 Å². The van der Waals surface area contributed by atoms with E-state index in [2.05, 4.69) is 10.3 Å². The third-order valence-corrected chi connectivity index (χ3v) is 4.00. The highest BCUT2D eigenvalue weighted by molar-refractivity contribution is 5.82. The van der Waals surface area contributed by atoms with Gasteiger partial charge in [-0.2, -0.15) is 0 Å². The maximum Gasteiger partial charge on any atom is 0.224 e. The highest BCUT2D eigenvalue weighted by atomic mass is 19.2. The van der Waals surface area contributed by atoms with Crippen LogP contribution >= 0.6 is 0 Å². The molecule has 1 fully saturated rings. The van der Waals surface area contributed by atoms with Gasteiger partial charge in [-0.3, -0.25) is 4.79 Å². The first-order chi connectivity index (χ1) is 11.1. The molecule has 1 aromatic carbocycles. The molecule has 2 aromatic rings. The van der Waals surface area contributed by atoms with Crippen LogP contribution in [0.4, 0.5) is 8.78 Å². The molecule has 4 nitrogen and oxygen atoms in total.